The number of para-hydroxylation sites is 1. The molecule has 0 amide bonds. The number of carbonyl (C=O) groups excluding carboxylic acids is 1. The molecule has 0 aliphatic heterocycles. The van der Waals surface area contributed by atoms with Gasteiger partial charge < -0.3 is 4.79 Å². The summed E-state index contributed by atoms with van der Waals surface area (Å²) in [4.78, 5) is 21.2. The highest BCUT2D eigenvalue weighted by molar-refractivity contribution is 7.89. The summed E-state index contributed by atoms with van der Waals surface area (Å²) in [5, 5.41) is 11.0. The second-order valence-electron chi connectivity index (χ2n) is 5.06. The number of hydrogen-bond acceptors (Lipinski definition) is 5. The zero-order valence-corrected chi connectivity index (χ0v) is 13.4. The van der Waals surface area contributed by atoms with Crippen molar-refractivity contribution < 1.29 is 18.1 Å². The Morgan fingerprint density at radius 3 is 2.45 bits per heavy atom. The fourth-order valence-electron chi connectivity index (χ4n) is 2.12. The number of sulfonamides is 1. The van der Waals surface area contributed by atoms with Crippen LogP contribution in [0.2, 0.25) is 0 Å². The average Bonchev–Trinajstić information content (AvgIpc) is 2.51. The summed E-state index contributed by atoms with van der Waals surface area (Å²) in [6.07, 6.45) is 2.68. The van der Waals surface area contributed by atoms with E-state index in [-0.39, 0.29) is 6.42 Å². The van der Waals surface area contributed by atoms with E-state index in [1.165, 1.54) is 12.1 Å². The van der Waals surface area contributed by atoms with E-state index < -0.39 is 31.1 Å². The highest BCUT2D eigenvalue weighted by atomic mass is 32.2. The van der Waals surface area contributed by atoms with E-state index >= 15 is 0 Å². The van der Waals surface area contributed by atoms with Crippen LogP contribution in [-0.2, 0) is 14.8 Å². The van der Waals surface area contributed by atoms with Gasteiger partial charge in [-0.05, 0) is 18.9 Å². The number of unbranched alkanes of at least 4 members (excludes halogenated alkanes) is 1. The van der Waals surface area contributed by atoms with Gasteiger partial charge in [-0.15, -0.1) is 0 Å². The van der Waals surface area contributed by atoms with Crippen molar-refractivity contribution in [1.29, 1.82) is 0 Å². The van der Waals surface area contributed by atoms with E-state index in [1.807, 2.05) is 6.92 Å². The van der Waals surface area contributed by atoms with Crippen molar-refractivity contribution in [2.75, 3.05) is 0 Å². The van der Waals surface area contributed by atoms with Crippen LogP contribution in [0.4, 0.5) is 5.69 Å². The topological polar surface area (TPSA) is 106 Å². The number of carbonyl (C=O) groups is 1. The Bertz CT molecular complexity index is 644. The highest BCUT2D eigenvalue weighted by Gasteiger charge is 2.35. The number of nitrogens with one attached hydrogen (secondary N) is 1. The number of rotatable bonds is 9. The predicted octanol–water partition coefficient (Wildman–Crippen LogP) is 2.41. The molecule has 0 radical (unpaired) electrons. The van der Waals surface area contributed by atoms with Crippen LogP contribution < -0.4 is 4.72 Å². The first-order valence-electron chi connectivity index (χ1n) is 7.05. The summed E-state index contributed by atoms with van der Waals surface area (Å²) in [7, 11) is -4.17. The lowest BCUT2D eigenvalue weighted by molar-refractivity contribution is -0.387. The van der Waals surface area contributed by atoms with Gasteiger partial charge in [-0.2, -0.15) is 4.72 Å². The molecule has 0 spiro atoms. The highest BCUT2D eigenvalue weighted by Crippen LogP contribution is 2.26. The van der Waals surface area contributed by atoms with Crippen LogP contribution in [-0.4, -0.2) is 25.2 Å². The Kier molecular flexibility index (Phi) is 6.19. The molecular weight excluding hydrogens is 308 g/mol. The largest absolute Gasteiger partial charge is 0.301 e. The molecule has 0 bridgehead atoms. The van der Waals surface area contributed by atoms with Crippen molar-refractivity contribution in [3.05, 3.63) is 34.4 Å². The fraction of sp³-hybridized carbons (Fsp3) is 0.500. The first-order valence-corrected chi connectivity index (χ1v) is 8.54. The molecule has 7 nitrogen and oxygen atoms in total. The molecule has 0 heterocycles. The normalized spacial score (nSPS) is 14.3. The van der Waals surface area contributed by atoms with Gasteiger partial charge in [-0.25, -0.2) is 8.42 Å². The number of hydrogen-bond donors (Lipinski definition) is 1. The maximum Gasteiger partial charge on any atom is 0.289 e. The Balaban J connectivity index is 3.24. The molecule has 0 aromatic heterocycles. The molecule has 0 saturated carbocycles. The summed E-state index contributed by atoms with van der Waals surface area (Å²) in [5.74, 6) is 0. The zero-order valence-electron chi connectivity index (χ0n) is 12.6. The maximum atomic E-state index is 12.5. The molecule has 0 aliphatic rings. The van der Waals surface area contributed by atoms with Crippen molar-refractivity contribution in [1.82, 2.24) is 4.72 Å². The predicted molar refractivity (Wildman–Crippen MR) is 82.0 cm³/mol. The second-order valence-corrected chi connectivity index (χ2v) is 6.71. The summed E-state index contributed by atoms with van der Waals surface area (Å²) in [6, 6.07) is 5.07. The van der Waals surface area contributed by atoms with Crippen LogP contribution in [0.5, 0.6) is 0 Å². The lowest BCUT2D eigenvalue weighted by atomic mass is 9.93. The lowest BCUT2D eigenvalue weighted by Crippen LogP contribution is -2.49. The zero-order chi connectivity index (χ0) is 16.8. The van der Waals surface area contributed by atoms with Crippen molar-refractivity contribution in [3.8, 4) is 0 Å². The summed E-state index contributed by atoms with van der Waals surface area (Å²) < 4.78 is 27.3. The summed E-state index contributed by atoms with van der Waals surface area (Å²) in [5.41, 5.74) is -1.75. The Morgan fingerprint density at radius 1 is 1.32 bits per heavy atom. The standard InChI is InChI=1S/C14H20N2O5S/c1-3-5-10-14(4-2,11-17)15-22(20,21)13-9-7-6-8-12(13)16(18)19/h6-9,11,15H,3-5,10H2,1-2H3. The monoisotopic (exact) mass is 328 g/mol. The van der Waals surface area contributed by atoms with E-state index in [4.69, 9.17) is 0 Å². The molecule has 1 rings (SSSR count). The van der Waals surface area contributed by atoms with Gasteiger partial charge in [0.1, 0.15) is 6.29 Å². The molecule has 22 heavy (non-hydrogen) atoms. The number of benzene rings is 1. The van der Waals surface area contributed by atoms with Crippen molar-refractivity contribution >= 4 is 22.0 Å². The third-order valence-electron chi connectivity index (χ3n) is 3.52. The van der Waals surface area contributed by atoms with E-state index in [0.717, 1.165) is 18.6 Å². The fourth-order valence-corrected chi connectivity index (χ4v) is 3.73. The van der Waals surface area contributed by atoms with E-state index in [0.29, 0.717) is 19.1 Å². The van der Waals surface area contributed by atoms with Gasteiger partial charge in [-0.3, -0.25) is 10.1 Å². The molecule has 0 aliphatic carbocycles. The van der Waals surface area contributed by atoms with Crippen molar-refractivity contribution in [2.45, 2.75) is 50.0 Å². The number of nitrogens with zero attached hydrogens (tertiary/aromatic N) is 1. The molecule has 1 atom stereocenters. The van der Waals surface area contributed by atoms with Crippen LogP contribution in [0.15, 0.2) is 29.2 Å². The minimum atomic E-state index is -4.17. The van der Waals surface area contributed by atoms with Gasteiger partial charge >= 0.3 is 0 Å². The quantitative estimate of drug-likeness (QED) is 0.425. The minimum Gasteiger partial charge on any atom is -0.301 e. The molecule has 0 fully saturated rings. The average molecular weight is 328 g/mol. The Labute approximate surface area is 129 Å². The molecule has 1 aromatic rings. The second kappa shape index (κ2) is 7.46. The molecule has 8 heteroatoms. The van der Waals surface area contributed by atoms with Gasteiger partial charge in [-0.1, -0.05) is 38.8 Å². The number of nitro benzene ring substituents is 1. The molecular formula is C14H20N2O5S. The first-order chi connectivity index (χ1) is 10.3. The van der Waals surface area contributed by atoms with Crippen molar-refractivity contribution in [3.63, 3.8) is 0 Å². The Hall–Kier alpha value is -1.80. The van der Waals surface area contributed by atoms with Crippen LogP contribution >= 0.6 is 0 Å². The smallest absolute Gasteiger partial charge is 0.289 e. The lowest BCUT2D eigenvalue weighted by Gasteiger charge is -2.27. The van der Waals surface area contributed by atoms with E-state index in [9.17, 15) is 23.3 Å². The maximum absolute atomic E-state index is 12.5. The van der Waals surface area contributed by atoms with E-state index in [2.05, 4.69) is 4.72 Å². The van der Waals surface area contributed by atoms with Crippen LogP contribution in [0, 0.1) is 10.1 Å². The van der Waals surface area contributed by atoms with E-state index in [1.54, 1.807) is 6.92 Å². The van der Waals surface area contributed by atoms with Gasteiger partial charge in [0.15, 0.2) is 4.90 Å². The van der Waals surface area contributed by atoms with Crippen LogP contribution in [0.3, 0.4) is 0 Å². The van der Waals surface area contributed by atoms with Gasteiger partial charge in [0.2, 0.25) is 10.0 Å². The third kappa shape index (κ3) is 4.11. The van der Waals surface area contributed by atoms with Gasteiger partial charge in [0, 0.05) is 6.07 Å². The first kappa shape index (κ1) is 18.2. The van der Waals surface area contributed by atoms with Crippen LogP contribution in [0.25, 0.3) is 0 Å². The number of nitro groups is 1. The van der Waals surface area contributed by atoms with Gasteiger partial charge in [0.25, 0.3) is 5.69 Å². The van der Waals surface area contributed by atoms with Gasteiger partial charge in [0.05, 0.1) is 10.5 Å². The molecule has 122 valence electrons. The minimum absolute atomic E-state index is 0.274. The van der Waals surface area contributed by atoms with Crippen LogP contribution in [0.1, 0.15) is 39.5 Å². The third-order valence-corrected chi connectivity index (χ3v) is 5.12. The molecule has 1 aromatic carbocycles. The number of aldehydes is 1. The SMILES string of the molecule is CCCCC(C=O)(CC)NS(=O)(=O)c1ccccc1[N+](=O)[O-]. The van der Waals surface area contributed by atoms with Crippen molar-refractivity contribution in [2.24, 2.45) is 0 Å². The summed E-state index contributed by atoms with van der Waals surface area (Å²) in [6.45, 7) is 3.63. The molecule has 1 unspecified atom stereocenters. The summed E-state index contributed by atoms with van der Waals surface area (Å²) >= 11 is 0. The molecule has 0 saturated heterocycles. The Morgan fingerprint density at radius 2 is 1.95 bits per heavy atom. The molecule has 1 N–H and O–H groups in total.